The summed E-state index contributed by atoms with van der Waals surface area (Å²) < 4.78 is 11.0. The SMILES string of the molecule is C=[C](C)[Co]([CH3])=[O]. The van der Waals surface area contributed by atoms with Gasteiger partial charge in [-0.15, -0.1) is 0 Å². The molecule has 0 aliphatic carbocycles. The Morgan fingerprint density at radius 1 is 1.83 bits per heavy atom. The second-order valence-electron chi connectivity index (χ2n) is 1.01. The van der Waals surface area contributed by atoms with Crippen LogP contribution in [-0.2, 0) is 17.5 Å². The first-order valence-electron chi connectivity index (χ1n) is 1.49. The van der Waals surface area contributed by atoms with Gasteiger partial charge in [0, 0.05) is 0 Å². The monoisotopic (exact) mass is 131 g/mol. The molecule has 0 unspecified atom stereocenters. The third-order valence-corrected chi connectivity index (χ3v) is 1.65. The molecular formula is C4H8CoO. The molecule has 0 bridgehead atoms. The molecule has 0 aliphatic rings. The van der Waals surface area contributed by atoms with Gasteiger partial charge in [-0.25, -0.2) is 0 Å². The van der Waals surface area contributed by atoms with Crippen LogP contribution in [0.25, 0.3) is 0 Å². The molecule has 39 valence electrons. The van der Waals surface area contributed by atoms with Crippen molar-refractivity contribution in [1.82, 2.24) is 0 Å². The molecule has 0 N–H and O–H groups in total. The van der Waals surface area contributed by atoms with Gasteiger partial charge >= 0.3 is 41.3 Å². The van der Waals surface area contributed by atoms with Crippen molar-refractivity contribution in [3.05, 3.63) is 11.1 Å². The molecule has 2 heteroatoms. The minimum atomic E-state index is -1.09. The quantitative estimate of drug-likeness (QED) is 0.527. The topological polar surface area (TPSA) is 17.1 Å². The van der Waals surface area contributed by atoms with Crippen molar-refractivity contribution in [3.63, 3.8) is 0 Å². The minimum absolute atomic E-state index is 0.766. The fourth-order valence-corrected chi connectivity index (χ4v) is 0. The molecule has 0 aliphatic heterocycles. The summed E-state index contributed by atoms with van der Waals surface area (Å²) in [6.07, 6.45) is 0. The first-order chi connectivity index (χ1) is 2.64. The van der Waals surface area contributed by atoms with Crippen LogP contribution in [0.15, 0.2) is 11.1 Å². The van der Waals surface area contributed by atoms with Gasteiger partial charge in [0.05, 0.1) is 0 Å². The zero-order valence-electron chi connectivity index (χ0n) is 3.95. The van der Waals surface area contributed by atoms with E-state index in [-0.39, 0.29) is 0 Å². The average molecular weight is 131 g/mol. The summed E-state index contributed by atoms with van der Waals surface area (Å²) in [5.41, 5.74) is 0. The van der Waals surface area contributed by atoms with E-state index in [1.165, 1.54) is 0 Å². The average Bonchev–Trinajstić information content (AvgIpc) is 1.36. The summed E-state index contributed by atoms with van der Waals surface area (Å²) >= 11 is -1.09. The molecule has 0 amide bonds. The molecule has 0 saturated carbocycles. The van der Waals surface area contributed by atoms with Crippen molar-refractivity contribution in [2.24, 2.45) is 0 Å². The van der Waals surface area contributed by atoms with Crippen LogP contribution in [0.2, 0.25) is 5.86 Å². The molecular weight excluding hydrogens is 123 g/mol. The van der Waals surface area contributed by atoms with Gasteiger partial charge in [0.2, 0.25) is 0 Å². The van der Waals surface area contributed by atoms with Gasteiger partial charge in [-0.2, -0.15) is 0 Å². The van der Waals surface area contributed by atoms with Crippen molar-refractivity contribution in [1.29, 1.82) is 0 Å². The normalized spacial score (nSPS) is 10.7. The van der Waals surface area contributed by atoms with Crippen molar-refractivity contribution in [2.45, 2.75) is 12.8 Å². The van der Waals surface area contributed by atoms with Crippen LogP contribution in [0, 0.1) is 0 Å². The standard InChI is InChI=1S/C3H5.CH3.Co.O/c1-3-2;;;/h1H2,2H3;1H3;;. The van der Waals surface area contributed by atoms with E-state index in [2.05, 4.69) is 6.58 Å². The second kappa shape index (κ2) is 2.26. The Kier molecular flexibility index (Phi) is 2.28. The number of hydrogen-bond acceptors (Lipinski definition) is 1. The van der Waals surface area contributed by atoms with Crippen molar-refractivity contribution < 1.29 is 17.5 Å². The van der Waals surface area contributed by atoms with E-state index < -0.39 is 13.6 Å². The van der Waals surface area contributed by atoms with Gasteiger partial charge < -0.3 is 0 Å². The third-order valence-electron chi connectivity index (χ3n) is 0.401. The molecule has 0 spiro atoms. The van der Waals surface area contributed by atoms with Crippen LogP contribution in [-0.4, -0.2) is 0 Å². The molecule has 0 aromatic rings. The van der Waals surface area contributed by atoms with E-state index in [0.717, 1.165) is 4.51 Å². The summed E-state index contributed by atoms with van der Waals surface area (Å²) in [6.45, 7) is 5.23. The molecule has 0 radical (unpaired) electrons. The summed E-state index contributed by atoms with van der Waals surface area (Å²) in [5, 5.41) is 0. The fourth-order valence-electron chi connectivity index (χ4n) is 0. The maximum absolute atomic E-state index is 10.2. The summed E-state index contributed by atoms with van der Waals surface area (Å²) in [5.74, 6) is 1.65. The first-order valence-corrected chi connectivity index (χ1v) is 3.48. The molecule has 0 atom stereocenters. The Hall–Kier alpha value is 0.0465. The van der Waals surface area contributed by atoms with Crippen molar-refractivity contribution in [2.75, 3.05) is 0 Å². The van der Waals surface area contributed by atoms with Gasteiger partial charge in [-0.1, -0.05) is 0 Å². The first kappa shape index (κ1) is 6.05. The predicted octanol–water partition coefficient (Wildman–Crippen LogP) is 1.53. The molecule has 0 fully saturated rings. The summed E-state index contributed by atoms with van der Waals surface area (Å²) in [4.78, 5) is 0. The Bertz CT molecular complexity index is 73.5. The van der Waals surface area contributed by atoms with Gasteiger partial charge in [0.15, 0.2) is 0 Å². The van der Waals surface area contributed by atoms with E-state index in [1.54, 1.807) is 12.8 Å². The molecule has 0 rings (SSSR count). The molecule has 0 aromatic heterocycles. The van der Waals surface area contributed by atoms with Crippen molar-refractivity contribution in [3.8, 4) is 0 Å². The predicted molar refractivity (Wildman–Crippen MR) is 21.4 cm³/mol. The van der Waals surface area contributed by atoms with E-state index in [4.69, 9.17) is 0 Å². The van der Waals surface area contributed by atoms with Gasteiger partial charge in [-0.3, -0.25) is 0 Å². The van der Waals surface area contributed by atoms with E-state index in [9.17, 15) is 3.87 Å². The van der Waals surface area contributed by atoms with E-state index in [0.29, 0.717) is 0 Å². The molecule has 0 heterocycles. The second-order valence-corrected chi connectivity index (χ2v) is 3.06. The Balaban J connectivity index is 3.57. The van der Waals surface area contributed by atoms with E-state index >= 15 is 0 Å². The third kappa shape index (κ3) is 2.29. The van der Waals surface area contributed by atoms with Crippen LogP contribution >= 0.6 is 0 Å². The maximum atomic E-state index is 10.2. The zero-order valence-corrected chi connectivity index (χ0v) is 4.99. The van der Waals surface area contributed by atoms with Gasteiger partial charge in [-0.05, 0) is 0 Å². The molecule has 0 saturated heterocycles. The Labute approximate surface area is 42.0 Å². The van der Waals surface area contributed by atoms with Gasteiger partial charge in [0.1, 0.15) is 0 Å². The van der Waals surface area contributed by atoms with Gasteiger partial charge in [0.25, 0.3) is 0 Å². The van der Waals surface area contributed by atoms with Crippen LogP contribution in [0.3, 0.4) is 0 Å². The number of rotatable bonds is 1. The molecule has 6 heavy (non-hydrogen) atoms. The van der Waals surface area contributed by atoms with Crippen molar-refractivity contribution >= 4 is 0 Å². The number of allylic oxidation sites excluding steroid dienone is 1. The number of hydrogen-bond donors (Lipinski definition) is 0. The molecule has 0 aromatic carbocycles. The summed E-state index contributed by atoms with van der Waals surface area (Å²) in [7, 11) is 0. The molecule has 1 nitrogen and oxygen atoms in total. The van der Waals surface area contributed by atoms with Crippen LogP contribution in [0.4, 0.5) is 0 Å². The van der Waals surface area contributed by atoms with Crippen LogP contribution in [0.1, 0.15) is 6.92 Å². The summed E-state index contributed by atoms with van der Waals surface area (Å²) in [6, 6.07) is 0. The van der Waals surface area contributed by atoms with E-state index in [1.807, 2.05) is 0 Å². The Morgan fingerprint density at radius 2 is 2.00 bits per heavy atom. The van der Waals surface area contributed by atoms with Crippen LogP contribution in [0.5, 0.6) is 0 Å². The Morgan fingerprint density at radius 3 is 2.00 bits per heavy atom. The fraction of sp³-hybridized carbons (Fsp3) is 0.500. The van der Waals surface area contributed by atoms with Crippen LogP contribution < -0.4 is 0 Å². The zero-order chi connectivity index (χ0) is 5.15.